The van der Waals surface area contributed by atoms with Gasteiger partial charge in [0.05, 0.1) is 18.1 Å². The van der Waals surface area contributed by atoms with Crippen LogP contribution in [-0.4, -0.2) is 44.3 Å². The van der Waals surface area contributed by atoms with E-state index in [1.54, 1.807) is 24.3 Å². The van der Waals surface area contributed by atoms with Crippen LogP contribution in [0.15, 0.2) is 51.9 Å². The molecular formula is C25H24O10. The fourth-order valence-electron chi connectivity index (χ4n) is 3.05. The maximum Gasteiger partial charge on any atom is 0.352 e. The van der Waals surface area contributed by atoms with E-state index in [4.69, 9.17) is 28.1 Å². The fourth-order valence-corrected chi connectivity index (χ4v) is 3.05. The normalized spacial score (nSPS) is 12.5. The maximum absolute atomic E-state index is 13.1. The van der Waals surface area contributed by atoms with Crippen LogP contribution in [0.4, 0.5) is 0 Å². The van der Waals surface area contributed by atoms with Crippen LogP contribution in [0.3, 0.4) is 0 Å². The summed E-state index contributed by atoms with van der Waals surface area (Å²) < 4.78 is 31.2. The van der Waals surface area contributed by atoms with Crippen LogP contribution in [0.2, 0.25) is 0 Å². The summed E-state index contributed by atoms with van der Waals surface area (Å²) in [5.41, 5.74) is 0.619. The molecule has 0 saturated heterocycles. The lowest BCUT2D eigenvalue weighted by Crippen LogP contribution is -2.32. The Morgan fingerprint density at radius 1 is 0.886 bits per heavy atom. The number of esters is 3. The van der Waals surface area contributed by atoms with Gasteiger partial charge in [-0.3, -0.25) is 9.59 Å². The highest BCUT2D eigenvalue weighted by molar-refractivity contribution is 5.87. The van der Waals surface area contributed by atoms with Crippen molar-refractivity contribution in [3.63, 3.8) is 0 Å². The van der Waals surface area contributed by atoms with Crippen molar-refractivity contribution in [2.24, 2.45) is 0 Å². The molecule has 2 aromatic carbocycles. The third-order valence-corrected chi connectivity index (χ3v) is 5.01. The molecule has 35 heavy (non-hydrogen) atoms. The molecule has 0 spiro atoms. The molecule has 0 radical (unpaired) electrons. The zero-order chi connectivity index (χ0) is 25.7. The van der Waals surface area contributed by atoms with Gasteiger partial charge in [0, 0.05) is 20.1 Å². The molecule has 0 amide bonds. The minimum Gasteiger partial charge on any atom is -0.493 e. The minimum absolute atomic E-state index is 0.0191. The second kappa shape index (κ2) is 10.8. The second-order valence-electron chi connectivity index (χ2n) is 7.47. The Morgan fingerprint density at radius 3 is 2.17 bits per heavy atom. The fraction of sp³-hybridized carbons (Fsp3) is 0.280. The van der Waals surface area contributed by atoms with Crippen molar-refractivity contribution in [3.05, 3.63) is 52.9 Å². The number of fused-ring (bicyclic) bond motifs is 1. The summed E-state index contributed by atoms with van der Waals surface area (Å²) in [7, 11) is 2.69. The van der Waals surface area contributed by atoms with Crippen LogP contribution < -0.4 is 19.6 Å². The largest absolute Gasteiger partial charge is 0.493 e. The van der Waals surface area contributed by atoms with Crippen LogP contribution >= 0.6 is 0 Å². The van der Waals surface area contributed by atoms with Gasteiger partial charge >= 0.3 is 17.9 Å². The molecule has 1 heterocycles. The molecule has 0 unspecified atom stereocenters. The summed E-state index contributed by atoms with van der Waals surface area (Å²) >= 11 is 0. The standard InChI is InChI=1S/C25H24O10/c1-13(30-4)24(28)33-14(2)25(29)35-22-11-20-18(10-21(22)31-5)23(27)19(12-32-20)16-6-8-17(9-7-16)34-15(3)26/h6-14H,1-5H3/t13-,14-/m0/s1. The summed E-state index contributed by atoms with van der Waals surface area (Å²) in [4.78, 5) is 48.5. The van der Waals surface area contributed by atoms with Gasteiger partial charge in [0.1, 0.15) is 17.6 Å². The van der Waals surface area contributed by atoms with Gasteiger partial charge in [0.2, 0.25) is 5.43 Å². The first-order valence-corrected chi connectivity index (χ1v) is 10.5. The first-order chi connectivity index (χ1) is 16.6. The molecule has 3 aromatic rings. The summed E-state index contributed by atoms with van der Waals surface area (Å²) in [5.74, 6) is -1.61. The van der Waals surface area contributed by atoms with Crippen molar-refractivity contribution in [1.82, 2.24) is 0 Å². The SMILES string of the molecule is COc1cc2c(=O)c(-c3ccc(OC(C)=O)cc3)coc2cc1OC(=O)[C@H](C)OC(=O)[C@H](C)OC. The number of rotatable bonds is 8. The number of carbonyl (C=O) groups is 3. The lowest BCUT2D eigenvalue weighted by Gasteiger charge is -2.16. The molecule has 10 heteroatoms. The van der Waals surface area contributed by atoms with E-state index in [9.17, 15) is 19.2 Å². The first kappa shape index (κ1) is 25.4. The lowest BCUT2D eigenvalue weighted by atomic mass is 10.1. The van der Waals surface area contributed by atoms with Crippen LogP contribution in [-0.2, 0) is 23.9 Å². The molecule has 0 aliphatic carbocycles. The average Bonchev–Trinajstić information content (AvgIpc) is 2.83. The Kier molecular flexibility index (Phi) is 7.87. The van der Waals surface area contributed by atoms with Gasteiger partial charge in [-0.05, 0) is 37.6 Å². The van der Waals surface area contributed by atoms with Crippen molar-refractivity contribution in [2.75, 3.05) is 14.2 Å². The van der Waals surface area contributed by atoms with Crippen molar-refractivity contribution < 1.29 is 42.5 Å². The molecule has 0 aliphatic rings. The molecule has 0 N–H and O–H groups in total. The van der Waals surface area contributed by atoms with Crippen LogP contribution in [0.5, 0.6) is 17.2 Å². The van der Waals surface area contributed by atoms with E-state index < -0.39 is 30.1 Å². The van der Waals surface area contributed by atoms with E-state index in [2.05, 4.69) is 0 Å². The Morgan fingerprint density at radius 2 is 1.57 bits per heavy atom. The van der Waals surface area contributed by atoms with Crippen LogP contribution in [0, 0.1) is 0 Å². The van der Waals surface area contributed by atoms with Crippen molar-refractivity contribution in [2.45, 2.75) is 33.0 Å². The van der Waals surface area contributed by atoms with Crippen LogP contribution in [0.25, 0.3) is 22.1 Å². The van der Waals surface area contributed by atoms with E-state index in [0.29, 0.717) is 11.3 Å². The highest BCUT2D eigenvalue weighted by Gasteiger charge is 2.25. The van der Waals surface area contributed by atoms with Gasteiger partial charge in [-0.25, -0.2) is 9.59 Å². The number of ether oxygens (including phenoxy) is 5. The summed E-state index contributed by atoms with van der Waals surface area (Å²) in [5, 5.41) is 0.191. The van der Waals surface area contributed by atoms with Crippen molar-refractivity contribution in [1.29, 1.82) is 0 Å². The average molecular weight is 484 g/mol. The van der Waals surface area contributed by atoms with Gasteiger partial charge < -0.3 is 28.1 Å². The number of hydrogen-bond acceptors (Lipinski definition) is 10. The zero-order valence-electron chi connectivity index (χ0n) is 19.8. The molecule has 0 saturated carbocycles. The topological polar surface area (TPSA) is 128 Å². The quantitative estimate of drug-likeness (QED) is 0.347. The Hall–Kier alpha value is -4.18. The highest BCUT2D eigenvalue weighted by atomic mass is 16.6. The summed E-state index contributed by atoms with van der Waals surface area (Å²) in [6, 6.07) is 9.10. The van der Waals surface area contributed by atoms with Gasteiger partial charge in [-0.2, -0.15) is 0 Å². The molecule has 184 valence electrons. The Bertz CT molecular complexity index is 1310. The number of methoxy groups -OCH3 is 2. The van der Waals surface area contributed by atoms with E-state index in [1.807, 2.05) is 0 Å². The molecule has 2 atom stereocenters. The highest BCUT2D eigenvalue weighted by Crippen LogP contribution is 2.33. The van der Waals surface area contributed by atoms with Crippen LogP contribution in [0.1, 0.15) is 20.8 Å². The number of benzene rings is 2. The van der Waals surface area contributed by atoms with E-state index in [-0.39, 0.29) is 33.5 Å². The molecule has 10 nitrogen and oxygen atoms in total. The third kappa shape index (κ3) is 5.85. The molecule has 0 aliphatic heterocycles. The van der Waals surface area contributed by atoms with E-state index in [0.717, 1.165) is 0 Å². The monoisotopic (exact) mass is 484 g/mol. The Balaban J connectivity index is 1.89. The molecule has 3 rings (SSSR count). The van der Waals surface area contributed by atoms with Crippen molar-refractivity contribution >= 4 is 28.9 Å². The molecular weight excluding hydrogens is 460 g/mol. The summed E-state index contributed by atoms with van der Waals surface area (Å²) in [6.07, 6.45) is -0.785. The lowest BCUT2D eigenvalue weighted by molar-refractivity contribution is -0.168. The maximum atomic E-state index is 13.1. The van der Waals surface area contributed by atoms with Crippen molar-refractivity contribution in [3.8, 4) is 28.4 Å². The van der Waals surface area contributed by atoms with Gasteiger partial charge in [-0.1, -0.05) is 12.1 Å². The number of carbonyl (C=O) groups excluding carboxylic acids is 3. The Labute approximate surface area is 200 Å². The van der Waals surface area contributed by atoms with E-state index in [1.165, 1.54) is 53.4 Å². The predicted molar refractivity (Wildman–Crippen MR) is 123 cm³/mol. The predicted octanol–water partition coefficient (Wildman–Crippen LogP) is 3.27. The molecule has 0 fully saturated rings. The number of hydrogen-bond donors (Lipinski definition) is 0. The van der Waals surface area contributed by atoms with E-state index >= 15 is 0 Å². The van der Waals surface area contributed by atoms with Gasteiger partial charge in [0.25, 0.3) is 0 Å². The smallest absolute Gasteiger partial charge is 0.352 e. The minimum atomic E-state index is -1.22. The second-order valence-corrected chi connectivity index (χ2v) is 7.47. The van der Waals surface area contributed by atoms with Gasteiger partial charge in [0.15, 0.2) is 23.7 Å². The summed E-state index contributed by atoms with van der Waals surface area (Å²) in [6.45, 7) is 4.13. The first-order valence-electron chi connectivity index (χ1n) is 10.5. The van der Waals surface area contributed by atoms with Gasteiger partial charge in [-0.15, -0.1) is 0 Å². The zero-order valence-corrected chi connectivity index (χ0v) is 19.8. The third-order valence-electron chi connectivity index (χ3n) is 5.01. The molecule has 1 aromatic heterocycles. The molecule has 0 bridgehead atoms.